The molecule has 0 unspecified atom stereocenters. The van der Waals surface area contributed by atoms with Gasteiger partial charge in [-0.15, -0.1) is 0 Å². The molecule has 94 valence electrons. The number of hydrogen-bond donors (Lipinski definition) is 1. The molecule has 2 rings (SSSR count). The second-order valence-electron chi connectivity index (χ2n) is 3.62. The molecule has 2 N–H and O–H groups in total. The molecule has 0 fully saturated rings. The van der Waals surface area contributed by atoms with Crippen molar-refractivity contribution in [3.05, 3.63) is 45.7 Å². The highest BCUT2D eigenvalue weighted by atomic mass is 79.9. The molecule has 0 aliphatic carbocycles. The Morgan fingerprint density at radius 1 is 1.44 bits per heavy atom. The van der Waals surface area contributed by atoms with E-state index in [-0.39, 0.29) is 0 Å². The van der Waals surface area contributed by atoms with Crippen molar-refractivity contribution in [2.45, 2.75) is 0 Å². The Morgan fingerprint density at radius 2 is 2.17 bits per heavy atom. The predicted octanol–water partition coefficient (Wildman–Crippen LogP) is 3.26. The lowest BCUT2D eigenvalue weighted by molar-refractivity contribution is 0.0591. The summed E-state index contributed by atoms with van der Waals surface area (Å²) in [5, 5.41) is 0.461. The van der Waals surface area contributed by atoms with Crippen molar-refractivity contribution < 1.29 is 9.53 Å². The summed E-state index contributed by atoms with van der Waals surface area (Å²) >= 11 is 9.45. The van der Waals surface area contributed by atoms with E-state index in [1.54, 1.807) is 35.0 Å². The first-order valence-corrected chi connectivity index (χ1v) is 6.21. The van der Waals surface area contributed by atoms with Crippen LogP contribution in [0.4, 0.5) is 5.69 Å². The number of anilines is 1. The number of rotatable bonds is 2. The summed E-state index contributed by atoms with van der Waals surface area (Å²) in [4.78, 5) is 11.7. The highest BCUT2D eigenvalue weighted by Crippen LogP contribution is 2.27. The lowest BCUT2D eigenvalue weighted by Gasteiger charge is -2.10. The lowest BCUT2D eigenvalue weighted by Crippen LogP contribution is -2.08. The van der Waals surface area contributed by atoms with Crippen molar-refractivity contribution in [2.24, 2.45) is 0 Å². The van der Waals surface area contributed by atoms with Crippen molar-refractivity contribution in [3.63, 3.8) is 0 Å². The molecule has 0 radical (unpaired) electrons. The third-order valence-electron chi connectivity index (χ3n) is 2.41. The molecule has 0 saturated carbocycles. The summed E-state index contributed by atoms with van der Waals surface area (Å²) in [5.74, 6) is -0.436. The molecule has 0 aliphatic rings. The molecule has 0 bridgehead atoms. The molecule has 1 aromatic carbocycles. The first kappa shape index (κ1) is 13.0. The van der Waals surface area contributed by atoms with Gasteiger partial charge in [0.15, 0.2) is 0 Å². The van der Waals surface area contributed by atoms with E-state index in [9.17, 15) is 4.79 Å². The Labute approximate surface area is 117 Å². The maximum atomic E-state index is 11.7. The third kappa shape index (κ3) is 2.37. The summed E-state index contributed by atoms with van der Waals surface area (Å²) in [7, 11) is 1.33. The minimum Gasteiger partial charge on any atom is -0.464 e. The Balaban J connectivity index is 2.60. The summed E-state index contributed by atoms with van der Waals surface area (Å²) in [5.41, 5.74) is 7.25. The number of aromatic nitrogens is 1. The highest BCUT2D eigenvalue weighted by molar-refractivity contribution is 9.10. The van der Waals surface area contributed by atoms with Crippen LogP contribution in [0.2, 0.25) is 5.02 Å². The number of benzene rings is 1. The fourth-order valence-electron chi connectivity index (χ4n) is 1.61. The largest absolute Gasteiger partial charge is 0.464 e. The van der Waals surface area contributed by atoms with Gasteiger partial charge >= 0.3 is 5.97 Å². The van der Waals surface area contributed by atoms with Crippen LogP contribution in [0.15, 0.2) is 34.9 Å². The Kier molecular flexibility index (Phi) is 3.63. The van der Waals surface area contributed by atoms with Crippen molar-refractivity contribution in [2.75, 3.05) is 12.8 Å². The van der Waals surface area contributed by atoms with Gasteiger partial charge in [-0.05, 0) is 40.2 Å². The molecule has 0 atom stereocenters. The molecule has 0 aliphatic heterocycles. The fraction of sp³-hybridized carbons (Fsp3) is 0.0833. The van der Waals surface area contributed by atoms with Gasteiger partial charge in [0.05, 0.1) is 17.8 Å². The standard InChI is InChI=1S/C12H10BrClN2O2/c1-18-12(17)11-4-7(13)6-16(11)10-3-2-8(15)5-9(10)14/h2-6H,15H2,1H3. The molecular weight excluding hydrogens is 320 g/mol. The van der Waals surface area contributed by atoms with E-state index in [0.717, 1.165) is 4.47 Å². The number of carbonyl (C=O) groups is 1. The average molecular weight is 330 g/mol. The monoisotopic (exact) mass is 328 g/mol. The number of methoxy groups -OCH3 is 1. The number of esters is 1. The molecule has 18 heavy (non-hydrogen) atoms. The Bertz CT molecular complexity index is 610. The van der Waals surface area contributed by atoms with Crippen molar-refractivity contribution in [3.8, 4) is 5.69 Å². The van der Waals surface area contributed by atoms with Gasteiger partial charge < -0.3 is 15.0 Å². The molecular formula is C12H10BrClN2O2. The van der Waals surface area contributed by atoms with Gasteiger partial charge in [-0.1, -0.05) is 11.6 Å². The van der Waals surface area contributed by atoms with Gasteiger partial charge in [0.25, 0.3) is 0 Å². The maximum absolute atomic E-state index is 11.7. The molecule has 6 heteroatoms. The minimum absolute atomic E-state index is 0.385. The molecule has 1 heterocycles. The highest BCUT2D eigenvalue weighted by Gasteiger charge is 2.16. The normalized spacial score (nSPS) is 10.4. The topological polar surface area (TPSA) is 57.2 Å². The average Bonchev–Trinajstić information content (AvgIpc) is 2.70. The predicted molar refractivity (Wildman–Crippen MR) is 74.2 cm³/mol. The summed E-state index contributed by atoms with van der Waals surface area (Å²) < 4.78 is 7.14. The third-order valence-corrected chi connectivity index (χ3v) is 3.15. The molecule has 2 aromatic rings. The zero-order valence-corrected chi connectivity index (χ0v) is 11.8. The first-order valence-electron chi connectivity index (χ1n) is 5.04. The number of nitrogen functional groups attached to an aromatic ring is 1. The summed E-state index contributed by atoms with van der Waals surface area (Å²) in [6.07, 6.45) is 1.74. The minimum atomic E-state index is -0.436. The van der Waals surface area contributed by atoms with E-state index < -0.39 is 5.97 Å². The van der Waals surface area contributed by atoms with E-state index in [2.05, 4.69) is 15.9 Å². The second kappa shape index (κ2) is 5.04. The van der Waals surface area contributed by atoms with Crippen molar-refractivity contribution in [1.29, 1.82) is 0 Å². The first-order chi connectivity index (χ1) is 8.52. The van der Waals surface area contributed by atoms with Gasteiger partial charge in [0.2, 0.25) is 0 Å². The van der Waals surface area contributed by atoms with E-state index >= 15 is 0 Å². The summed E-state index contributed by atoms with van der Waals surface area (Å²) in [6, 6.07) is 6.76. The molecule has 0 amide bonds. The lowest BCUT2D eigenvalue weighted by atomic mass is 10.2. The smallest absolute Gasteiger partial charge is 0.355 e. The molecule has 1 aromatic heterocycles. The van der Waals surface area contributed by atoms with E-state index in [4.69, 9.17) is 22.1 Å². The van der Waals surface area contributed by atoms with Crippen molar-refractivity contribution in [1.82, 2.24) is 4.57 Å². The van der Waals surface area contributed by atoms with Crippen LogP contribution < -0.4 is 5.73 Å². The van der Waals surface area contributed by atoms with E-state index in [1.165, 1.54) is 7.11 Å². The van der Waals surface area contributed by atoms with Crippen molar-refractivity contribution >= 4 is 39.2 Å². The Hall–Kier alpha value is -1.46. The van der Waals surface area contributed by atoms with Crippen LogP contribution in [0.5, 0.6) is 0 Å². The number of nitrogens with zero attached hydrogens (tertiary/aromatic N) is 1. The number of nitrogens with two attached hydrogens (primary N) is 1. The van der Waals surface area contributed by atoms with Gasteiger partial charge in [0.1, 0.15) is 5.69 Å². The number of halogens is 2. The molecule has 0 saturated heterocycles. The zero-order valence-electron chi connectivity index (χ0n) is 9.48. The van der Waals surface area contributed by atoms with Crippen LogP contribution in [0.3, 0.4) is 0 Å². The number of ether oxygens (including phenoxy) is 1. The van der Waals surface area contributed by atoms with E-state index in [0.29, 0.717) is 22.1 Å². The van der Waals surface area contributed by atoms with Gasteiger partial charge in [-0.25, -0.2) is 4.79 Å². The van der Waals surface area contributed by atoms with Crippen LogP contribution in [0.25, 0.3) is 5.69 Å². The molecule has 0 spiro atoms. The zero-order chi connectivity index (χ0) is 13.3. The van der Waals surface area contributed by atoms with E-state index in [1.807, 2.05) is 0 Å². The Morgan fingerprint density at radius 3 is 2.78 bits per heavy atom. The maximum Gasteiger partial charge on any atom is 0.355 e. The molecule has 4 nitrogen and oxygen atoms in total. The fourth-order valence-corrected chi connectivity index (χ4v) is 2.31. The quantitative estimate of drug-likeness (QED) is 0.679. The van der Waals surface area contributed by atoms with Crippen LogP contribution in [0, 0.1) is 0 Å². The second-order valence-corrected chi connectivity index (χ2v) is 4.94. The van der Waals surface area contributed by atoms with Gasteiger partial charge in [-0.2, -0.15) is 0 Å². The number of hydrogen-bond acceptors (Lipinski definition) is 3. The summed E-state index contributed by atoms with van der Waals surface area (Å²) in [6.45, 7) is 0. The van der Waals surface area contributed by atoms with Crippen LogP contribution in [0.1, 0.15) is 10.5 Å². The van der Waals surface area contributed by atoms with Crippen LogP contribution in [-0.4, -0.2) is 17.6 Å². The van der Waals surface area contributed by atoms with Crippen LogP contribution >= 0.6 is 27.5 Å². The van der Waals surface area contributed by atoms with Gasteiger partial charge in [-0.3, -0.25) is 0 Å². The van der Waals surface area contributed by atoms with Gasteiger partial charge in [0, 0.05) is 16.4 Å². The number of carbonyl (C=O) groups excluding carboxylic acids is 1. The van der Waals surface area contributed by atoms with Crippen LogP contribution in [-0.2, 0) is 4.74 Å². The SMILES string of the molecule is COC(=O)c1cc(Br)cn1-c1ccc(N)cc1Cl.